The first-order valence-electron chi connectivity index (χ1n) is 8.01. The van der Waals surface area contributed by atoms with Crippen LogP contribution in [0.3, 0.4) is 0 Å². The van der Waals surface area contributed by atoms with Gasteiger partial charge in [0.2, 0.25) is 0 Å². The Morgan fingerprint density at radius 1 is 1.29 bits per heavy atom. The Balaban J connectivity index is 2.67. The van der Waals surface area contributed by atoms with Crippen LogP contribution in [0.4, 0.5) is 0 Å². The SMILES string of the molecule is CCC(CC)NC(=O)C(=O)N1CCC(C)C(=O)CC(C)C1. The molecular formula is C16H28N2O3. The molecule has 0 bridgehead atoms. The van der Waals surface area contributed by atoms with E-state index in [4.69, 9.17) is 0 Å². The second kappa shape index (κ2) is 8.15. The van der Waals surface area contributed by atoms with E-state index in [1.807, 2.05) is 27.7 Å². The fourth-order valence-corrected chi connectivity index (χ4v) is 2.66. The molecule has 1 aliphatic rings. The molecule has 2 amide bonds. The molecule has 0 spiro atoms. The van der Waals surface area contributed by atoms with Gasteiger partial charge in [-0.3, -0.25) is 14.4 Å². The number of ketones is 1. The van der Waals surface area contributed by atoms with Crippen molar-refractivity contribution < 1.29 is 14.4 Å². The van der Waals surface area contributed by atoms with E-state index in [2.05, 4.69) is 5.32 Å². The smallest absolute Gasteiger partial charge is 0.311 e. The summed E-state index contributed by atoms with van der Waals surface area (Å²) in [6.07, 6.45) is 2.75. The Hall–Kier alpha value is -1.39. The molecule has 0 saturated carbocycles. The van der Waals surface area contributed by atoms with Gasteiger partial charge in [0.1, 0.15) is 5.78 Å². The molecule has 1 N–H and O–H groups in total. The van der Waals surface area contributed by atoms with Gasteiger partial charge in [0, 0.05) is 31.5 Å². The zero-order valence-electron chi connectivity index (χ0n) is 13.6. The van der Waals surface area contributed by atoms with Crippen molar-refractivity contribution in [1.29, 1.82) is 0 Å². The number of nitrogens with zero attached hydrogens (tertiary/aromatic N) is 1. The van der Waals surface area contributed by atoms with Crippen LogP contribution in [0.1, 0.15) is 53.4 Å². The van der Waals surface area contributed by atoms with E-state index in [1.54, 1.807) is 4.90 Å². The molecule has 21 heavy (non-hydrogen) atoms. The van der Waals surface area contributed by atoms with Gasteiger partial charge in [-0.2, -0.15) is 0 Å². The third kappa shape index (κ3) is 5.14. The molecule has 1 fully saturated rings. The van der Waals surface area contributed by atoms with Crippen LogP contribution < -0.4 is 5.32 Å². The Morgan fingerprint density at radius 3 is 2.48 bits per heavy atom. The number of amides is 2. The van der Waals surface area contributed by atoms with E-state index in [-0.39, 0.29) is 23.7 Å². The minimum absolute atomic E-state index is 0.0369. The molecule has 5 heteroatoms. The number of hydrogen-bond donors (Lipinski definition) is 1. The van der Waals surface area contributed by atoms with Crippen molar-refractivity contribution in [2.45, 2.75) is 59.4 Å². The largest absolute Gasteiger partial charge is 0.345 e. The molecule has 0 aliphatic carbocycles. The zero-order valence-corrected chi connectivity index (χ0v) is 13.6. The fraction of sp³-hybridized carbons (Fsp3) is 0.812. The van der Waals surface area contributed by atoms with Crippen molar-refractivity contribution in [3.63, 3.8) is 0 Å². The first-order chi connectivity index (χ1) is 9.88. The van der Waals surface area contributed by atoms with Crippen LogP contribution in [0.2, 0.25) is 0 Å². The lowest BCUT2D eigenvalue weighted by Gasteiger charge is -2.30. The van der Waals surface area contributed by atoms with Gasteiger partial charge >= 0.3 is 11.8 Å². The monoisotopic (exact) mass is 296 g/mol. The highest BCUT2D eigenvalue weighted by atomic mass is 16.2. The van der Waals surface area contributed by atoms with Crippen LogP contribution in [0, 0.1) is 11.8 Å². The van der Waals surface area contributed by atoms with Crippen LogP contribution >= 0.6 is 0 Å². The molecular weight excluding hydrogens is 268 g/mol. The third-order valence-electron chi connectivity index (χ3n) is 4.27. The second-order valence-corrected chi connectivity index (χ2v) is 6.20. The second-order valence-electron chi connectivity index (χ2n) is 6.20. The van der Waals surface area contributed by atoms with Crippen LogP contribution in [-0.4, -0.2) is 41.6 Å². The number of Topliss-reactive ketones (excluding diaryl/α,β-unsaturated/α-hetero) is 1. The number of carbonyl (C=O) groups is 3. The summed E-state index contributed by atoms with van der Waals surface area (Å²) >= 11 is 0. The van der Waals surface area contributed by atoms with E-state index < -0.39 is 11.8 Å². The lowest BCUT2D eigenvalue weighted by Crippen LogP contribution is -2.49. The van der Waals surface area contributed by atoms with Gasteiger partial charge in [0.05, 0.1) is 0 Å². The van der Waals surface area contributed by atoms with E-state index in [9.17, 15) is 14.4 Å². The highest BCUT2D eigenvalue weighted by Crippen LogP contribution is 2.18. The van der Waals surface area contributed by atoms with Crippen molar-refractivity contribution in [1.82, 2.24) is 10.2 Å². The molecule has 1 rings (SSSR count). The lowest BCUT2D eigenvalue weighted by molar-refractivity contribution is -0.147. The maximum atomic E-state index is 12.3. The molecule has 120 valence electrons. The molecule has 1 saturated heterocycles. The van der Waals surface area contributed by atoms with Gasteiger partial charge in [0.15, 0.2) is 0 Å². The van der Waals surface area contributed by atoms with Crippen LogP contribution in [0.25, 0.3) is 0 Å². The Morgan fingerprint density at radius 2 is 1.90 bits per heavy atom. The summed E-state index contributed by atoms with van der Waals surface area (Å²) in [5.74, 6) is -0.655. The lowest BCUT2D eigenvalue weighted by atomic mass is 9.91. The number of hydrogen-bond acceptors (Lipinski definition) is 3. The van der Waals surface area contributed by atoms with E-state index in [0.717, 1.165) is 12.8 Å². The Kier molecular flexibility index (Phi) is 6.85. The summed E-state index contributed by atoms with van der Waals surface area (Å²) in [5, 5.41) is 2.79. The summed E-state index contributed by atoms with van der Waals surface area (Å²) in [4.78, 5) is 37.8. The van der Waals surface area contributed by atoms with Gasteiger partial charge in [-0.05, 0) is 25.2 Å². The first-order valence-corrected chi connectivity index (χ1v) is 8.01. The summed E-state index contributed by atoms with van der Waals surface area (Å²) in [6.45, 7) is 8.79. The Labute approximate surface area is 127 Å². The quantitative estimate of drug-likeness (QED) is 0.807. The van der Waals surface area contributed by atoms with Crippen molar-refractivity contribution in [3.05, 3.63) is 0 Å². The minimum atomic E-state index is -0.518. The van der Waals surface area contributed by atoms with Crippen molar-refractivity contribution in [3.8, 4) is 0 Å². The topological polar surface area (TPSA) is 66.5 Å². The highest BCUT2D eigenvalue weighted by molar-refractivity contribution is 6.35. The molecule has 0 aromatic carbocycles. The number of likely N-dealkylation sites (tertiary alicyclic amines) is 1. The zero-order chi connectivity index (χ0) is 16.0. The molecule has 0 aromatic heterocycles. The standard InChI is InChI=1S/C16H28N2O3/c1-5-13(6-2)17-15(20)16(21)18-8-7-12(4)14(19)9-11(3)10-18/h11-13H,5-10H2,1-4H3,(H,17,20). The van der Waals surface area contributed by atoms with Crippen molar-refractivity contribution in [2.75, 3.05) is 13.1 Å². The molecule has 0 radical (unpaired) electrons. The molecule has 2 unspecified atom stereocenters. The number of carbonyl (C=O) groups excluding carboxylic acids is 3. The summed E-state index contributed by atoms with van der Waals surface area (Å²) in [7, 11) is 0. The van der Waals surface area contributed by atoms with Gasteiger partial charge in [-0.25, -0.2) is 0 Å². The van der Waals surface area contributed by atoms with Crippen LogP contribution in [0.5, 0.6) is 0 Å². The highest BCUT2D eigenvalue weighted by Gasteiger charge is 2.28. The van der Waals surface area contributed by atoms with E-state index in [0.29, 0.717) is 25.9 Å². The van der Waals surface area contributed by atoms with Gasteiger partial charge in [-0.1, -0.05) is 27.7 Å². The normalized spacial score (nSPS) is 23.7. The van der Waals surface area contributed by atoms with Crippen molar-refractivity contribution >= 4 is 17.6 Å². The maximum absolute atomic E-state index is 12.3. The first kappa shape index (κ1) is 17.7. The molecule has 1 heterocycles. The average Bonchev–Trinajstić information content (AvgIpc) is 2.46. The predicted molar refractivity (Wildman–Crippen MR) is 81.7 cm³/mol. The summed E-state index contributed by atoms with van der Waals surface area (Å²) in [5.41, 5.74) is 0. The summed E-state index contributed by atoms with van der Waals surface area (Å²) < 4.78 is 0. The van der Waals surface area contributed by atoms with Gasteiger partial charge in [-0.15, -0.1) is 0 Å². The number of rotatable bonds is 3. The molecule has 2 atom stereocenters. The van der Waals surface area contributed by atoms with E-state index in [1.165, 1.54) is 0 Å². The van der Waals surface area contributed by atoms with Crippen LogP contribution in [-0.2, 0) is 14.4 Å². The molecule has 1 aliphatic heterocycles. The van der Waals surface area contributed by atoms with Gasteiger partial charge < -0.3 is 10.2 Å². The fourth-order valence-electron chi connectivity index (χ4n) is 2.66. The number of nitrogens with one attached hydrogen (secondary N) is 1. The van der Waals surface area contributed by atoms with Crippen LogP contribution in [0.15, 0.2) is 0 Å². The third-order valence-corrected chi connectivity index (χ3v) is 4.27. The Bertz CT molecular complexity index is 391. The van der Waals surface area contributed by atoms with Crippen molar-refractivity contribution in [2.24, 2.45) is 11.8 Å². The van der Waals surface area contributed by atoms with E-state index >= 15 is 0 Å². The summed E-state index contributed by atoms with van der Waals surface area (Å²) in [6, 6.07) is 0.0501. The molecule has 0 aromatic rings. The average molecular weight is 296 g/mol. The van der Waals surface area contributed by atoms with Gasteiger partial charge in [0.25, 0.3) is 0 Å². The predicted octanol–water partition coefficient (Wildman–Crippen LogP) is 1.75. The minimum Gasteiger partial charge on any atom is -0.345 e. The molecule has 5 nitrogen and oxygen atoms in total. The maximum Gasteiger partial charge on any atom is 0.311 e.